The van der Waals surface area contributed by atoms with Crippen molar-refractivity contribution in [2.24, 2.45) is 0 Å². The number of carbonyl (C=O) groups excluding carboxylic acids is 1. The molecule has 1 aliphatic rings. The fraction of sp³-hybridized carbons (Fsp3) is 0.400. The molecule has 132 valence electrons. The van der Waals surface area contributed by atoms with E-state index in [-0.39, 0.29) is 11.8 Å². The molecule has 5 heteroatoms. The highest BCUT2D eigenvalue weighted by Crippen LogP contribution is 2.40. The van der Waals surface area contributed by atoms with Crippen molar-refractivity contribution in [3.05, 3.63) is 62.9 Å². The predicted molar refractivity (Wildman–Crippen MR) is 102 cm³/mol. The topological polar surface area (TPSA) is 42.0 Å². The summed E-state index contributed by atoms with van der Waals surface area (Å²) in [5, 5.41) is 4.03. The van der Waals surface area contributed by atoms with Crippen molar-refractivity contribution in [2.45, 2.75) is 51.5 Å². The van der Waals surface area contributed by atoms with Gasteiger partial charge in [-0.15, -0.1) is 0 Å². The monoisotopic (exact) mass is 376 g/mol. The molecule has 0 bridgehead atoms. The van der Waals surface area contributed by atoms with E-state index < -0.39 is 0 Å². The quantitative estimate of drug-likeness (QED) is 0.734. The lowest BCUT2D eigenvalue weighted by atomic mass is 9.95. The first-order valence-electron chi connectivity index (χ1n) is 8.67. The molecular weight excluding hydrogens is 355 g/mol. The second-order valence-electron chi connectivity index (χ2n) is 6.64. The number of hydrogen-bond donors (Lipinski definition) is 1. The van der Waals surface area contributed by atoms with Crippen LogP contribution in [-0.4, -0.2) is 10.9 Å². The van der Waals surface area contributed by atoms with Crippen molar-refractivity contribution in [2.75, 3.05) is 0 Å². The van der Waals surface area contributed by atoms with Gasteiger partial charge in [0.15, 0.2) is 0 Å². The lowest BCUT2D eigenvalue weighted by molar-refractivity contribution is -0.122. The number of nitrogens with one attached hydrogen (secondary N) is 1. The summed E-state index contributed by atoms with van der Waals surface area (Å²) in [5.41, 5.74) is 4.22. The maximum absolute atomic E-state index is 12.7. The molecule has 1 amide bonds. The summed E-state index contributed by atoms with van der Waals surface area (Å²) >= 11 is 12.1. The van der Waals surface area contributed by atoms with Gasteiger partial charge in [-0.05, 0) is 60.9 Å². The van der Waals surface area contributed by atoms with E-state index in [9.17, 15) is 4.79 Å². The Morgan fingerprint density at radius 2 is 2.04 bits per heavy atom. The first kappa shape index (κ1) is 18.2. The summed E-state index contributed by atoms with van der Waals surface area (Å²) < 4.78 is 0. The zero-order valence-corrected chi connectivity index (χ0v) is 16.0. The summed E-state index contributed by atoms with van der Waals surface area (Å²) in [6.45, 7) is 4.47. The number of carbonyl (C=O) groups is 1. The largest absolute Gasteiger partial charge is 0.351 e. The Hall–Kier alpha value is -1.58. The Balaban J connectivity index is 1.70. The molecule has 0 spiro atoms. The van der Waals surface area contributed by atoms with E-state index >= 15 is 0 Å². The molecule has 1 aromatic carbocycles. The number of rotatable bonds is 6. The SMILES string of the molecule is CCC(C(=O)NCc1cc(C2CC2)cnc1C)c1ccc(Cl)c(Cl)c1. The summed E-state index contributed by atoms with van der Waals surface area (Å²) in [7, 11) is 0. The highest BCUT2D eigenvalue weighted by Gasteiger charge is 2.24. The van der Waals surface area contributed by atoms with E-state index in [4.69, 9.17) is 23.2 Å². The average molecular weight is 377 g/mol. The van der Waals surface area contributed by atoms with Gasteiger partial charge in [0.05, 0.1) is 16.0 Å². The minimum absolute atomic E-state index is 0.00267. The Kier molecular flexibility index (Phi) is 5.65. The van der Waals surface area contributed by atoms with E-state index in [0.29, 0.717) is 28.9 Å². The molecule has 1 N–H and O–H groups in total. The third kappa shape index (κ3) is 4.34. The van der Waals surface area contributed by atoms with Crippen LogP contribution in [0.5, 0.6) is 0 Å². The Labute approximate surface area is 158 Å². The molecule has 25 heavy (non-hydrogen) atoms. The third-order valence-electron chi connectivity index (χ3n) is 4.79. The minimum Gasteiger partial charge on any atom is -0.351 e. The van der Waals surface area contributed by atoms with Crippen molar-refractivity contribution in [3.63, 3.8) is 0 Å². The van der Waals surface area contributed by atoms with Gasteiger partial charge < -0.3 is 5.32 Å². The predicted octanol–water partition coefficient (Wildman–Crippen LogP) is 5.38. The van der Waals surface area contributed by atoms with Crippen molar-refractivity contribution >= 4 is 29.1 Å². The number of nitrogens with zero attached hydrogens (tertiary/aromatic N) is 1. The highest BCUT2D eigenvalue weighted by molar-refractivity contribution is 6.42. The van der Waals surface area contributed by atoms with Gasteiger partial charge >= 0.3 is 0 Å². The Morgan fingerprint density at radius 1 is 1.28 bits per heavy atom. The molecule has 1 atom stereocenters. The highest BCUT2D eigenvalue weighted by atomic mass is 35.5. The van der Waals surface area contributed by atoms with Crippen LogP contribution in [0.1, 0.15) is 60.4 Å². The first-order chi connectivity index (χ1) is 12.0. The van der Waals surface area contributed by atoms with Crippen LogP contribution < -0.4 is 5.32 Å². The van der Waals surface area contributed by atoms with Gasteiger partial charge in [-0.1, -0.05) is 42.3 Å². The molecule has 2 aromatic rings. The minimum atomic E-state index is -0.241. The number of pyridine rings is 1. The number of halogens is 2. The van der Waals surface area contributed by atoms with Gasteiger partial charge in [0.25, 0.3) is 0 Å². The van der Waals surface area contributed by atoms with Gasteiger partial charge in [0, 0.05) is 18.4 Å². The molecule has 1 fully saturated rings. The summed E-state index contributed by atoms with van der Waals surface area (Å²) in [4.78, 5) is 17.2. The van der Waals surface area contributed by atoms with E-state index in [0.717, 1.165) is 16.8 Å². The van der Waals surface area contributed by atoms with Crippen LogP contribution in [0.3, 0.4) is 0 Å². The molecular formula is C20H22Cl2N2O. The molecule has 1 saturated carbocycles. The Bertz CT molecular complexity index is 787. The molecule has 3 rings (SSSR count). The van der Waals surface area contributed by atoms with Crippen molar-refractivity contribution in [1.29, 1.82) is 0 Å². The van der Waals surface area contributed by atoms with Crippen LogP contribution >= 0.6 is 23.2 Å². The fourth-order valence-corrected chi connectivity index (χ4v) is 3.33. The van der Waals surface area contributed by atoms with Gasteiger partial charge in [-0.3, -0.25) is 9.78 Å². The number of benzene rings is 1. The lowest BCUT2D eigenvalue weighted by Crippen LogP contribution is -2.29. The standard InChI is InChI=1S/C20H22Cl2N2O/c1-3-17(14-6-7-18(21)19(22)9-14)20(25)24-10-15-8-16(13-4-5-13)11-23-12(15)2/h6-9,11,13,17H,3-5,10H2,1-2H3,(H,24,25). The summed E-state index contributed by atoms with van der Waals surface area (Å²) in [5.74, 6) is 0.411. The zero-order valence-electron chi connectivity index (χ0n) is 14.5. The smallest absolute Gasteiger partial charge is 0.227 e. The second kappa shape index (κ2) is 7.76. The van der Waals surface area contributed by atoms with Crippen molar-refractivity contribution in [1.82, 2.24) is 10.3 Å². The van der Waals surface area contributed by atoms with Crippen LogP contribution in [-0.2, 0) is 11.3 Å². The molecule has 1 unspecified atom stereocenters. The van der Waals surface area contributed by atoms with E-state index in [1.165, 1.54) is 18.4 Å². The first-order valence-corrected chi connectivity index (χ1v) is 9.43. The van der Waals surface area contributed by atoms with Crippen molar-refractivity contribution < 1.29 is 4.79 Å². The van der Waals surface area contributed by atoms with E-state index in [1.807, 2.05) is 26.1 Å². The molecule has 1 aromatic heterocycles. The average Bonchev–Trinajstić information content (AvgIpc) is 3.43. The molecule has 1 heterocycles. The number of aromatic nitrogens is 1. The van der Waals surface area contributed by atoms with Crippen LogP contribution in [0.4, 0.5) is 0 Å². The van der Waals surface area contributed by atoms with Crippen LogP contribution in [0.2, 0.25) is 10.0 Å². The Morgan fingerprint density at radius 3 is 2.68 bits per heavy atom. The fourth-order valence-electron chi connectivity index (χ4n) is 3.02. The van der Waals surface area contributed by atoms with Crippen LogP contribution in [0.25, 0.3) is 0 Å². The molecule has 0 aliphatic heterocycles. The van der Waals surface area contributed by atoms with Gasteiger partial charge in [0.2, 0.25) is 5.91 Å². The molecule has 1 aliphatic carbocycles. The van der Waals surface area contributed by atoms with Gasteiger partial charge in [-0.2, -0.15) is 0 Å². The van der Waals surface area contributed by atoms with E-state index in [2.05, 4.69) is 16.4 Å². The lowest BCUT2D eigenvalue weighted by Gasteiger charge is -2.17. The van der Waals surface area contributed by atoms with E-state index in [1.54, 1.807) is 12.1 Å². The maximum atomic E-state index is 12.7. The molecule has 0 saturated heterocycles. The second-order valence-corrected chi connectivity index (χ2v) is 7.45. The van der Waals surface area contributed by atoms with Crippen molar-refractivity contribution in [3.8, 4) is 0 Å². The third-order valence-corrected chi connectivity index (χ3v) is 5.52. The normalized spacial score (nSPS) is 15.0. The number of hydrogen-bond acceptors (Lipinski definition) is 2. The number of amides is 1. The molecule has 3 nitrogen and oxygen atoms in total. The zero-order chi connectivity index (χ0) is 18.0. The van der Waals surface area contributed by atoms with Crippen LogP contribution in [0.15, 0.2) is 30.5 Å². The summed E-state index contributed by atoms with van der Waals surface area (Å²) in [6, 6.07) is 7.56. The molecule has 0 radical (unpaired) electrons. The number of aryl methyl sites for hydroxylation is 1. The van der Waals surface area contributed by atoms with Gasteiger partial charge in [-0.25, -0.2) is 0 Å². The van der Waals surface area contributed by atoms with Gasteiger partial charge in [0.1, 0.15) is 0 Å². The maximum Gasteiger partial charge on any atom is 0.227 e. The van der Waals surface area contributed by atoms with Crippen LogP contribution in [0, 0.1) is 6.92 Å². The summed E-state index contributed by atoms with van der Waals surface area (Å²) in [6.07, 6.45) is 5.14.